The summed E-state index contributed by atoms with van der Waals surface area (Å²) in [5.74, 6) is 1.33. The third-order valence-electron chi connectivity index (χ3n) is 7.81. The molecule has 0 aromatic heterocycles. The van der Waals surface area contributed by atoms with Crippen LogP contribution in [0.15, 0.2) is 109 Å². The summed E-state index contributed by atoms with van der Waals surface area (Å²) in [6, 6.07) is 31.0. The summed E-state index contributed by atoms with van der Waals surface area (Å²) in [6.07, 6.45) is -4.35. The van der Waals surface area contributed by atoms with Crippen molar-refractivity contribution in [2.24, 2.45) is 0 Å². The van der Waals surface area contributed by atoms with Gasteiger partial charge in [0.15, 0.2) is 0 Å². The second kappa shape index (κ2) is 18.4. The van der Waals surface area contributed by atoms with E-state index in [1.807, 2.05) is 151 Å². The van der Waals surface area contributed by atoms with Gasteiger partial charge in [-0.15, -0.1) is 0 Å². The first-order chi connectivity index (χ1) is 24.6. The zero-order chi connectivity index (χ0) is 37.7. The van der Waals surface area contributed by atoms with Gasteiger partial charge in [-0.3, -0.25) is 0 Å². The molecule has 0 radical (unpaired) electrons. The van der Waals surface area contributed by atoms with E-state index in [4.69, 9.17) is 18.9 Å². The Morgan fingerprint density at radius 3 is 1.15 bits per heavy atom. The fourth-order valence-corrected chi connectivity index (χ4v) is 5.42. The summed E-state index contributed by atoms with van der Waals surface area (Å²) in [5.41, 5.74) is 2.34. The first kappa shape index (κ1) is 39.7. The lowest BCUT2D eigenvalue weighted by molar-refractivity contribution is -0.0240. The number of hydrogen-bond donors (Lipinski definition) is 4. The highest BCUT2D eigenvalue weighted by molar-refractivity contribution is 5.68. The molecule has 0 saturated carbocycles. The van der Waals surface area contributed by atoms with E-state index in [0.717, 1.165) is 22.3 Å². The highest BCUT2D eigenvalue weighted by Gasteiger charge is 2.35. The molecule has 2 amide bonds. The van der Waals surface area contributed by atoms with Crippen molar-refractivity contribution < 1.29 is 38.7 Å². The zero-order valence-corrected chi connectivity index (χ0v) is 30.9. The number of carbonyl (C=O) groups is 2. The Labute approximate surface area is 307 Å². The number of rotatable bonds is 15. The third-order valence-corrected chi connectivity index (χ3v) is 7.81. The maximum Gasteiger partial charge on any atom is 0.407 e. The van der Waals surface area contributed by atoms with Crippen molar-refractivity contribution >= 4 is 12.2 Å². The molecule has 0 saturated heterocycles. The zero-order valence-electron chi connectivity index (χ0n) is 30.9. The largest absolute Gasteiger partial charge is 0.488 e. The summed E-state index contributed by atoms with van der Waals surface area (Å²) in [6.45, 7) is 11.8. The Morgan fingerprint density at radius 1 is 0.519 bits per heavy atom. The summed E-state index contributed by atoms with van der Waals surface area (Å²) in [7, 11) is 0. The molecule has 4 N–H and O–H groups in total. The first-order valence-electron chi connectivity index (χ1n) is 17.5. The third kappa shape index (κ3) is 13.9. The number of alkyl carbamates (subject to hydrolysis) is 2. The molecule has 10 nitrogen and oxygen atoms in total. The minimum atomic E-state index is -1.54. The quantitative estimate of drug-likeness (QED) is 0.102. The number of aliphatic hydroxyl groups excluding tert-OH is 2. The van der Waals surface area contributed by atoms with Crippen molar-refractivity contribution in [1.29, 1.82) is 0 Å². The Balaban J connectivity index is 1.55. The lowest BCUT2D eigenvalue weighted by Gasteiger charge is -2.32. The molecule has 0 fully saturated rings. The van der Waals surface area contributed by atoms with Crippen molar-refractivity contribution in [2.75, 3.05) is 0 Å². The van der Waals surface area contributed by atoms with Gasteiger partial charge >= 0.3 is 12.2 Å². The molecule has 278 valence electrons. The molecule has 0 unspecified atom stereocenters. The molecule has 4 aromatic rings. The molecule has 52 heavy (non-hydrogen) atoms. The normalized spacial score (nSPS) is 13.9. The molecule has 0 heterocycles. The van der Waals surface area contributed by atoms with Crippen molar-refractivity contribution in [3.63, 3.8) is 0 Å². The molecule has 4 aromatic carbocycles. The van der Waals surface area contributed by atoms with Gasteiger partial charge in [0.1, 0.15) is 48.1 Å². The number of benzene rings is 4. The van der Waals surface area contributed by atoms with Gasteiger partial charge in [0.05, 0.1) is 12.1 Å². The van der Waals surface area contributed by atoms with Gasteiger partial charge in [0.2, 0.25) is 0 Å². The Bertz CT molecular complexity index is 1540. The van der Waals surface area contributed by atoms with Crippen LogP contribution in [0.5, 0.6) is 11.5 Å². The smallest absolute Gasteiger partial charge is 0.407 e. The van der Waals surface area contributed by atoms with Crippen LogP contribution in [0.1, 0.15) is 63.8 Å². The van der Waals surface area contributed by atoms with Crippen LogP contribution in [-0.4, -0.2) is 57.9 Å². The lowest BCUT2D eigenvalue weighted by atomic mass is 9.91. The molecule has 0 bridgehead atoms. The van der Waals surface area contributed by atoms with E-state index in [0.29, 0.717) is 11.5 Å². The van der Waals surface area contributed by atoms with Gasteiger partial charge in [0.25, 0.3) is 0 Å². The number of ether oxygens (including phenoxy) is 4. The standard InChI is InChI=1S/C42H52N2O8/c1-41(2,3)51-33-21-17-29(18-22-33)25-35(43-39(47)49-27-31-13-9-7-10-14-31)37(45)38(46)36(44-40(48)50-28-32-15-11-8-12-16-32)26-30-19-23-34(24-20-30)52-42(4,5)6/h7-24,35-38,45-46H,25-28H2,1-6H3,(H,43,47)(H,44,48)/t35-,36-,37+,38+/m1/s1. The van der Waals surface area contributed by atoms with Gasteiger partial charge in [-0.2, -0.15) is 0 Å². The van der Waals surface area contributed by atoms with E-state index in [2.05, 4.69) is 10.6 Å². The molecule has 0 spiro atoms. The monoisotopic (exact) mass is 712 g/mol. The maximum absolute atomic E-state index is 13.1. The molecule has 4 atom stereocenters. The van der Waals surface area contributed by atoms with Crippen LogP contribution in [0.2, 0.25) is 0 Å². The fraction of sp³-hybridized carbons (Fsp3) is 0.381. The van der Waals surface area contributed by atoms with Crippen LogP contribution >= 0.6 is 0 Å². The van der Waals surface area contributed by atoms with Crippen LogP contribution in [0.4, 0.5) is 9.59 Å². The average molecular weight is 713 g/mol. The minimum absolute atomic E-state index is 0.0171. The van der Waals surface area contributed by atoms with Crippen LogP contribution < -0.4 is 20.1 Å². The second-order valence-electron chi connectivity index (χ2n) is 14.7. The van der Waals surface area contributed by atoms with Crippen LogP contribution in [-0.2, 0) is 35.5 Å². The van der Waals surface area contributed by atoms with Gasteiger partial charge in [-0.25, -0.2) is 9.59 Å². The van der Waals surface area contributed by atoms with Crippen molar-refractivity contribution in [3.05, 3.63) is 131 Å². The van der Waals surface area contributed by atoms with Gasteiger partial charge in [-0.05, 0) is 101 Å². The van der Waals surface area contributed by atoms with Crippen LogP contribution in [0.3, 0.4) is 0 Å². The fourth-order valence-electron chi connectivity index (χ4n) is 5.42. The van der Waals surface area contributed by atoms with Gasteiger partial charge in [0, 0.05) is 0 Å². The lowest BCUT2D eigenvalue weighted by Crippen LogP contribution is -2.57. The molecule has 0 aliphatic heterocycles. The molecule has 0 aliphatic carbocycles. The topological polar surface area (TPSA) is 136 Å². The average Bonchev–Trinajstić information content (AvgIpc) is 3.10. The first-order valence-corrected chi connectivity index (χ1v) is 17.5. The molecule has 10 heteroatoms. The summed E-state index contributed by atoms with van der Waals surface area (Å²) < 4.78 is 22.9. The van der Waals surface area contributed by atoms with Crippen molar-refractivity contribution in [1.82, 2.24) is 10.6 Å². The van der Waals surface area contributed by atoms with Gasteiger partial charge < -0.3 is 39.8 Å². The second-order valence-corrected chi connectivity index (χ2v) is 14.7. The van der Waals surface area contributed by atoms with E-state index in [-0.39, 0.29) is 26.1 Å². The van der Waals surface area contributed by atoms with Crippen LogP contribution in [0, 0.1) is 0 Å². The maximum atomic E-state index is 13.1. The van der Waals surface area contributed by atoms with E-state index in [9.17, 15) is 19.8 Å². The van der Waals surface area contributed by atoms with E-state index < -0.39 is 47.7 Å². The highest BCUT2D eigenvalue weighted by Crippen LogP contribution is 2.23. The summed E-state index contributed by atoms with van der Waals surface area (Å²) >= 11 is 0. The number of amides is 2. The van der Waals surface area contributed by atoms with Crippen molar-refractivity contribution in [2.45, 2.75) is 103 Å². The SMILES string of the molecule is CC(C)(C)Oc1ccc(C[C@@H](NC(=O)OCc2ccccc2)[C@H](O)[C@@H](O)[C@@H](Cc2ccc(OC(C)(C)C)cc2)NC(=O)OCc2ccccc2)cc1. The highest BCUT2D eigenvalue weighted by atomic mass is 16.6. The van der Waals surface area contributed by atoms with Gasteiger partial charge in [-0.1, -0.05) is 84.9 Å². The molecular weight excluding hydrogens is 660 g/mol. The van der Waals surface area contributed by atoms with E-state index in [1.54, 1.807) is 0 Å². The summed E-state index contributed by atoms with van der Waals surface area (Å²) in [5, 5.41) is 29.0. The Hall–Kier alpha value is -5.06. The van der Waals surface area contributed by atoms with Crippen LogP contribution in [0.25, 0.3) is 0 Å². The number of aliphatic hydroxyl groups is 2. The Morgan fingerprint density at radius 2 is 0.846 bits per heavy atom. The van der Waals surface area contributed by atoms with E-state index >= 15 is 0 Å². The molecular formula is C42H52N2O8. The van der Waals surface area contributed by atoms with E-state index in [1.165, 1.54) is 0 Å². The predicted molar refractivity (Wildman–Crippen MR) is 200 cm³/mol. The Kier molecular flexibility index (Phi) is 14.1. The predicted octanol–water partition coefficient (Wildman–Crippen LogP) is 7.14. The number of nitrogens with one attached hydrogen (secondary N) is 2. The van der Waals surface area contributed by atoms with Crippen molar-refractivity contribution in [3.8, 4) is 11.5 Å². The number of carbonyl (C=O) groups excluding carboxylic acids is 2. The molecule has 4 rings (SSSR count). The molecule has 0 aliphatic rings. The summed E-state index contributed by atoms with van der Waals surface area (Å²) in [4.78, 5) is 26.2. The minimum Gasteiger partial charge on any atom is -0.488 e. The number of hydrogen-bond acceptors (Lipinski definition) is 8.